The monoisotopic (exact) mass is 554 g/mol. The fraction of sp³-hybridized carbons (Fsp3) is 0.226. The quantitative estimate of drug-likeness (QED) is 0.258. The van der Waals surface area contributed by atoms with E-state index in [1.807, 2.05) is 56.3 Å². The van der Waals surface area contributed by atoms with Crippen molar-refractivity contribution in [1.82, 2.24) is 9.97 Å². The average molecular weight is 555 g/mol. The molecule has 204 valence electrons. The molecule has 2 atom stereocenters. The van der Waals surface area contributed by atoms with E-state index in [9.17, 15) is 13.5 Å². The molecule has 0 bridgehead atoms. The fourth-order valence-corrected chi connectivity index (χ4v) is 4.58. The Kier molecular flexibility index (Phi) is 10.6. The van der Waals surface area contributed by atoms with Crippen LogP contribution in [0.4, 0.5) is 0 Å². The van der Waals surface area contributed by atoms with Gasteiger partial charge in [-0.3, -0.25) is 14.2 Å². The maximum atomic E-state index is 11.3. The topological polar surface area (TPSA) is 137 Å². The van der Waals surface area contributed by atoms with Crippen LogP contribution in [0.2, 0.25) is 0 Å². The van der Waals surface area contributed by atoms with Gasteiger partial charge in [-0.1, -0.05) is 62.4 Å². The van der Waals surface area contributed by atoms with Crippen LogP contribution in [0.3, 0.4) is 0 Å². The summed E-state index contributed by atoms with van der Waals surface area (Å²) in [5.74, 6) is 0. The molecule has 4 aromatic rings. The van der Waals surface area contributed by atoms with Crippen molar-refractivity contribution in [2.45, 2.75) is 38.9 Å². The number of benzene rings is 2. The van der Waals surface area contributed by atoms with Gasteiger partial charge in [-0.05, 0) is 37.1 Å². The minimum absolute atomic E-state index is 0.494. The largest absolute Gasteiger partial charge is 0.387 e. The van der Waals surface area contributed by atoms with Gasteiger partial charge in [0.25, 0.3) is 10.1 Å². The second-order valence-corrected chi connectivity index (χ2v) is 10.5. The molecule has 0 aliphatic heterocycles. The lowest BCUT2D eigenvalue weighted by molar-refractivity contribution is 0.169. The van der Waals surface area contributed by atoms with Crippen molar-refractivity contribution in [1.29, 1.82) is 10.5 Å². The van der Waals surface area contributed by atoms with E-state index in [1.54, 1.807) is 42.7 Å². The predicted molar refractivity (Wildman–Crippen MR) is 153 cm³/mol. The van der Waals surface area contributed by atoms with Gasteiger partial charge in [-0.15, -0.1) is 0 Å². The molecule has 0 aliphatic carbocycles. The molecule has 2 unspecified atom stereocenters. The van der Waals surface area contributed by atoms with Gasteiger partial charge in [0.1, 0.15) is 6.10 Å². The first-order chi connectivity index (χ1) is 19.2. The van der Waals surface area contributed by atoms with Crippen LogP contribution >= 0.6 is 0 Å². The standard InChI is InChI=1S/C16H16N2O3S.C15H14N2O/c1-3-16(21-22(2,19)20)15-9-8-13(11-18-15)14-7-5-4-6-12(14)10-17;1-2-15(18)14-8-7-12(10-17-14)13-6-4-3-5-11(13)9-16/h4-9,11,16H,3H2,1-2H3;3-8,10,15,18H,2H2,1H3. The van der Waals surface area contributed by atoms with Gasteiger partial charge >= 0.3 is 0 Å². The summed E-state index contributed by atoms with van der Waals surface area (Å²) in [6.07, 6.45) is 4.35. The number of nitriles is 2. The first kappa shape index (κ1) is 30.1. The van der Waals surface area contributed by atoms with Crippen LogP contribution in [0.1, 0.15) is 61.4 Å². The number of aromatic nitrogens is 2. The summed E-state index contributed by atoms with van der Waals surface area (Å²) in [6, 6.07) is 26.2. The van der Waals surface area contributed by atoms with Crippen LogP contribution in [0.25, 0.3) is 22.3 Å². The van der Waals surface area contributed by atoms with Crippen LogP contribution in [0.15, 0.2) is 85.2 Å². The Bertz CT molecular complexity index is 1610. The summed E-state index contributed by atoms with van der Waals surface area (Å²) in [7, 11) is -3.54. The van der Waals surface area contributed by atoms with E-state index < -0.39 is 22.3 Å². The maximum absolute atomic E-state index is 11.3. The first-order valence-electron chi connectivity index (χ1n) is 12.7. The minimum atomic E-state index is -3.54. The van der Waals surface area contributed by atoms with Gasteiger partial charge in [-0.25, -0.2) is 0 Å². The zero-order chi connectivity index (χ0) is 29.1. The van der Waals surface area contributed by atoms with E-state index >= 15 is 0 Å². The Labute approximate surface area is 235 Å². The number of hydrogen-bond donors (Lipinski definition) is 1. The van der Waals surface area contributed by atoms with Crippen LogP contribution in [-0.4, -0.2) is 29.7 Å². The molecule has 0 saturated carbocycles. The molecule has 0 aliphatic rings. The van der Waals surface area contributed by atoms with Crippen molar-refractivity contribution in [2.24, 2.45) is 0 Å². The highest BCUT2D eigenvalue weighted by atomic mass is 32.2. The third kappa shape index (κ3) is 8.05. The van der Waals surface area contributed by atoms with Gasteiger partial charge in [0.05, 0.1) is 47.0 Å². The number of nitrogens with zero attached hydrogens (tertiary/aromatic N) is 4. The fourth-order valence-electron chi connectivity index (χ4n) is 3.93. The molecular weight excluding hydrogens is 524 g/mol. The van der Waals surface area contributed by atoms with E-state index in [2.05, 4.69) is 22.1 Å². The molecule has 1 N–H and O–H groups in total. The molecule has 9 heteroatoms. The number of aliphatic hydroxyl groups is 1. The summed E-state index contributed by atoms with van der Waals surface area (Å²) in [4.78, 5) is 8.53. The lowest BCUT2D eigenvalue weighted by Gasteiger charge is -2.14. The Hall–Kier alpha value is -4.41. The Morgan fingerprint density at radius 1 is 0.775 bits per heavy atom. The molecule has 4 rings (SSSR count). The molecule has 0 amide bonds. The van der Waals surface area contributed by atoms with E-state index in [4.69, 9.17) is 14.7 Å². The van der Waals surface area contributed by atoms with Crippen molar-refractivity contribution >= 4 is 10.1 Å². The van der Waals surface area contributed by atoms with Gasteiger partial charge in [0, 0.05) is 34.6 Å². The number of pyridine rings is 2. The van der Waals surface area contributed by atoms with Gasteiger partial charge < -0.3 is 5.11 Å². The van der Waals surface area contributed by atoms with Crippen LogP contribution in [0.5, 0.6) is 0 Å². The summed E-state index contributed by atoms with van der Waals surface area (Å²) in [6.45, 7) is 3.74. The zero-order valence-electron chi connectivity index (χ0n) is 22.5. The number of rotatable bonds is 8. The molecule has 8 nitrogen and oxygen atoms in total. The van der Waals surface area contributed by atoms with E-state index in [-0.39, 0.29) is 0 Å². The van der Waals surface area contributed by atoms with Crippen molar-refractivity contribution < 1.29 is 17.7 Å². The molecule has 2 aromatic carbocycles. The number of aliphatic hydroxyl groups excluding tert-OH is 1. The van der Waals surface area contributed by atoms with Crippen molar-refractivity contribution in [3.8, 4) is 34.4 Å². The molecule has 40 heavy (non-hydrogen) atoms. The van der Waals surface area contributed by atoms with Crippen molar-refractivity contribution in [2.75, 3.05) is 6.26 Å². The highest BCUT2D eigenvalue weighted by molar-refractivity contribution is 7.86. The predicted octanol–water partition coefficient (Wildman–Crippen LogP) is 6.11. The normalized spacial score (nSPS) is 12.2. The second-order valence-electron chi connectivity index (χ2n) is 8.88. The van der Waals surface area contributed by atoms with Crippen LogP contribution < -0.4 is 0 Å². The van der Waals surface area contributed by atoms with E-state index in [1.165, 1.54) is 0 Å². The number of hydrogen-bond acceptors (Lipinski definition) is 8. The highest BCUT2D eigenvalue weighted by Crippen LogP contribution is 2.27. The Morgan fingerprint density at radius 2 is 1.25 bits per heavy atom. The lowest BCUT2D eigenvalue weighted by Crippen LogP contribution is -2.11. The molecule has 0 spiro atoms. The van der Waals surface area contributed by atoms with E-state index in [0.717, 1.165) is 28.5 Å². The second kappa shape index (κ2) is 14.1. The summed E-state index contributed by atoms with van der Waals surface area (Å²) in [5, 5.41) is 27.9. The van der Waals surface area contributed by atoms with Gasteiger partial charge in [-0.2, -0.15) is 18.9 Å². The van der Waals surface area contributed by atoms with Crippen LogP contribution in [-0.2, 0) is 14.3 Å². The summed E-state index contributed by atoms with van der Waals surface area (Å²) < 4.78 is 27.5. The van der Waals surface area contributed by atoms with Crippen molar-refractivity contribution in [3.63, 3.8) is 0 Å². The summed E-state index contributed by atoms with van der Waals surface area (Å²) in [5.41, 5.74) is 5.75. The lowest BCUT2D eigenvalue weighted by atomic mass is 10.0. The smallest absolute Gasteiger partial charge is 0.265 e. The molecule has 0 radical (unpaired) electrons. The molecule has 2 heterocycles. The van der Waals surface area contributed by atoms with Gasteiger partial charge in [0.2, 0.25) is 0 Å². The maximum Gasteiger partial charge on any atom is 0.265 e. The minimum Gasteiger partial charge on any atom is -0.387 e. The third-order valence-electron chi connectivity index (χ3n) is 6.01. The highest BCUT2D eigenvalue weighted by Gasteiger charge is 2.17. The molecular formula is C31H30N4O4S. The van der Waals surface area contributed by atoms with Crippen LogP contribution in [0, 0.1) is 22.7 Å². The average Bonchev–Trinajstić information content (AvgIpc) is 2.99. The molecule has 0 saturated heterocycles. The van der Waals surface area contributed by atoms with E-state index in [0.29, 0.717) is 35.4 Å². The zero-order valence-corrected chi connectivity index (χ0v) is 23.3. The summed E-state index contributed by atoms with van der Waals surface area (Å²) >= 11 is 0. The first-order valence-corrected chi connectivity index (χ1v) is 14.5. The van der Waals surface area contributed by atoms with Crippen molar-refractivity contribution in [3.05, 3.63) is 108 Å². The third-order valence-corrected chi connectivity index (χ3v) is 6.59. The molecule has 0 fully saturated rings. The Balaban J connectivity index is 0.000000225. The molecule has 2 aromatic heterocycles. The Morgan fingerprint density at radius 3 is 1.62 bits per heavy atom. The SMILES string of the molecule is CCC(O)c1ccc(-c2ccccc2C#N)cn1.CCC(OS(C)(=O)=O)c1ccc(-c2ccccc2C#N)cn1. The van der Waals surface area contributed by atoms with Gasteiger partial charge in [0.15, 0.2) is 0 Å².